The number of anilines is 3. The molecular formula is C45H37ClN4. The first kappa shape index (κ1) is 29.6. The predicted molar refractivity (Wildman–Crippen MR) is 208 cm³/mol. The molecule has 0 saturated carbocycles. The van der Waals surface area contributed by atoms with Crippen LogP contribution in [0.5, 0.6) is 0 Å². The Balaban J connectivity index is 1.11. The van der Waals surface area contributed by atoms with Crippen molar-refractivity contribution in [3.63, 3.8) is 0 Å². The molecule has 0 spiro atoms. The first-order chi connectivity index (χ1) is 24.7. The lowest BCUT2D eigenvalue weighted by Crippen LogP contribution is -2.12. The van der Waals surface area contributed by atoms with Gasteiger partial charge < -0.3 is 14.0 Å². The fourth-order valence-corrected chi connectivity index (χ4v) is 9.03. The Morgan fingerprint density at radius 2 is 1.00 bits per heavy atom. The number of nitrogens with zero attached hydrogens (tertiary/aromatic N) is 4. The van der Waals surface area contributed by atoms with Crippen LogP contribution in [0.15, 0.2) is 128 Å². The van der Waals surface area contributed by atoms with Crippen LogP contribution in [-0.2, 0) is 25.7 Å². The highest BCUT2D eigenvalue weighted by Gasteiger charge is 2.24. The lowest BCUT2D eigenvalue weighted by molar-refractivity contribution is 0.667. The zero-order valence-electron chi connectivity index (χ0n) is 27.9. The molecule has 0 radical (unpaired) electrons. The van der Waals surface area contributed by atoms with Gasteiger partial charge in [0, 0.05) is 56.5 Å². The van der Waals surface area contributed by atoms with Gasteiger partial charge in [-0.15, -0.1) is 0 Å². The molecule has 2 aliphatic carbocycles. The number of pyridine rings is 1. The van der Waals surface area contributed by atoms with Gasteiger partial charge in [0.25, 0.3) is 0 Å². The van der Waals surface area contributed by atoms with Crippen molar-refractivity contribution in [3.8, 4) is 11.4 Å². The molecule has 8 aromatic rings. The molecule has 0 bridgehead atoms. The molecule has 5 aromatic carbocycles. The highest BCUT2D eigenvalue weighted by atomic mass is 35.5. The number of para-hydroxylation sites is 2. The van der Waals surface area contributed by atoms with Crippen molar-refractivity contribution < 1.29 is 0 Å². The minimum absolute atomic E-state index is 0.705. The van der Waals surface area contributed by atoms with Crippen molar-refractivity contribution in [2.45, 2.75) is 51.4 Å². The van der Waals surface area contributed by atoms with Crippen molar-refractivity contribution in [1.29, 1.82) is 0 Å². The average Bonchev–Trinajstić information content (AvgIpc) is 3.70. The van der Waals surface area contributed by atoms with Crippen molar-refractivity contribution in [1.82, 2.24) is 14.1 Å². The van der Waals surface area contributed by atoms with E-state index in [2.05, 4.69) is 123 Å². The van der Waals surface area contributed by atoms with E-state index in [1.807, 2.05) is 18.3 Å². The number of hydrogen-bond acceptors (Lipinski definition) is 2. The average molecular weight is 669 g/mol. The maximum absolute atomic E-state index is 6.73. The Bertz CT molecular complexity index is 2420. The van der Waals surface area contributed by atoms with Crippen LogP contribution in [0.3, 0.4) is 0 Å². The minimum atomic E-state index is 0.705. The summed E-state index contributed by atoms with van der Waals surface area (Å²) in [6, 6.07) is 44.0. The largest absolute Gasteiger partial charge is 0.313 e. The monoisotopic (exact) mass is 668 g/mol. The molecule has 3 heterocycles. The number of rotatable bonds is 5. The first-order valence-electron chi connectivity index (χ1n) is 18.0. The van der Waals surface area contributed by atoms with Crippen molar-refractivity contribution in [3.05, 3.63) is 155 Å². The maximum Gasteiger partial charge on any atom is 0.0957 e. The van der Waals surface area contributed by atoms with Crippen LogP contribution in [0.1, 0.15) is 48.2 Å². The van der Waals surface area contributed by atoms with Gasteiger partial charge in [-0.05, 0) is 147 Å². The van der Waals surface area contributed by atoms with Gasteiger partial charge in [-0.2, -0.15) is 0 Å². The minimum Gasteiger partial charge on any atom is -0.313 e. The molecule has 10 rings (SSSR count). The molecule has 244 valence electrons. The Labute approximate surface area is 297 Å². The quantitative estimate of drug-likeness (QED) is 0.182. The summed E-state index contributed by atoms with van der Waals surface area (Å²) in [7, 11) is 0. The van der Waals surface area contributed by atoms with Crippen molar-refractivity contribution in [2.24, 2.45) is 0 Å². The second-order valence-corrected chi connectivity index (χ2v) is 14.2. The van der Waals surface area contributed by atoms with Crippen LogP contribution in [0.25, 0.3) is 44.1 Å². The van der Waals surface area contributed by atoms with Crippen LogP contribution in [0.2, 0.25) is 5.02 Å². The number of fused-ring (bicyclic) bond motifs is 7. The Morgan fingerprint density at radius 1 is 0.500 bits per heavy atom. The summed E-state index contributed by atoms with van der Waals surface area (Å²) in [6.07, 6.45) is 11.4. The summed E-state index contributed by atoms with van der Waals surface area (Å²) < 4.78 is 4.99. The molecule has 0 atom stereocenters. The summed E-state index contributed by atoms with van der Waals surface area (Å²) in [5.74, 6) is 0. The fraction of sp³-hybridized carbons (Fsp3) is 0.178. The zero-order chi connectivity index (χ0) is 33.2. The Hall–Kier alpha value is -5.32. The van der Waals surface area contributed by atoms with E-state index in [1.54, 1.807) is 0 Å². The Morgan fingerprint density at radius 3 is 1.56 bits per heavy atom. The van der Waals surface area contributed by atoms with E-state index in [0.717, 1.165) is 53.6 Å². The van der Waals surface area contributed by atoms with Gasteiger partial charge in [0.15, 0.2) is 0 Å². The molecule has 0 fully saturated rings. The third-order valence-corrected chi connectivity index (χ3v) is 11.4. The van der Waals surface area contributed by atoms with Crippen LogP contribution in [0, 0.1) is 0 Å². The van der Waals surface area contributed by atoms with E-state index in [9.17, 15) is 0 Å². The van der Waals surface area contributed by atoms with Crippen molar-refractivity contribution in [2.75, 3.05) is 4.90 Å². The highest BCUT2D eigenvalue weighted by molar-refractivity contribution is 6.36. The van der Waals surface area contributed by atoms with Gasteiger partial charge in [0.2, 0.25) is 0 Å². The van der Waals surface area contributed by atoms with Crippen LogP contribution >= 0.6 is 11.6 Å². The maximum atomic E-state index is 6.73. The van der Waals surface area contributed by atoms with E-state index in [-0.39, 0.29) is 0 Å². The highest BCUT2D eigenvalue weighted by Crippen LogP contribution is 2.42. The zero-order valence-corrected chi connectivity index (χ0v) is 28.7. The predicted octanol–water partition coefficient (Wildman–Crippen LogP) is 12.0. The first-order valence-corrected chi connectivity index (χ1v) is 18.4. The van der Waals surface area contributed by atoms with Crippen LogP contribution < -0.4 is 4.90 Å². The second-order valence-electron chi connectivity index (χ2n) is 13.8. The third-order valence-electron chi connectivity index (χ3n) is 11.0. The summed E-state index contributed by atoms with van der Waals surface area (Å²) in [5, 5.41) is 4.43. The molecule has 2 aliphatic rings. The van der Waals surface area contributed by atoms with Crippen LogP contribution in [0.4, 0.5) is 17.1 Å². The second kappa shape index (κ2) is 11.9. The summed E-state index contributed by atoms with van der Waals surface area (Å²) in [4.78, 5) is 7.19. The lowest BCUT2D eigenvalue weighted by atomic mass is 9.95. The summed E-state index contributed by atoms with van der Waals surface area (Å²) in [6.45, 7) is 0. The molecule has 3 aromatic heterocycles. The topological polar surface area (TPSA) is 26.0 Å². The molecule has 5 heteroatoms. The smallest absolute Gasteiger partial charge is 0.0957 e. The molecule has 0 N–H and O–H groups in total. The SMILES string of the molecule is Clc1ccc(N(c2ccc(-n3c4c(c5ccccc53)CCCC4)cc2)c2ccc(-n3c4c(c5ccccc53)CCCC4)cc2)c2ncccc12. The number of halogens is 1. The fourth-order valence-electron chi connectivity index (χ4n) is 8.81. The molecular weight excluding hydrogens is 632 g/mol. The van der Waals surface area contributed by atoms with Gasteiger partial charge in [-0.25, -0.2) is 0 Å². The molecule has 0 unspecified atom stereocenters. The molecule has 50 heavy (non-hydrogen) atoms. The molecule has 0 aliphatic heterocycles. The third kappa shape index (κ3) is 4.62. The van der Waals surface area contributed by atoms with E-state index < -0.39 is 0 Å². The number of hydrogen-bond donors (Lipinski definition) is 0. The van der Waals surface area contributed by atoms with E-state index in [0.29, 0.717) is 5.02 Å². The lowest BCUT2D eigenvalue weighted by Gasteiger charge is -2.27. The van der Waals surface area contributed by atoms with Gasteiger partial charge in [-0.3, -0.25) is 4.98 Å². The summed E-state index contributed by atoms with van der Waals surface area (Å²) in [5.41, 5.74) is 15.0. The van der Waals surface area contributed by atoms with Crippen molar-refractivity contribution >= 4 is 61.4 Å². The number of benzene rings is 5. The molecule has 0 amide bonds. The Kier molecular flexibility index (Phi) is 7.06. The van der Waals surface area contributed by atoms with E-state index >= 15 is 0 Å². The van der Waals surface area contributed by atoms with Gasteiger partial charge in [0.1, 0.15) is 0 Å². The van der Waals surface area contributed by atoms with E-state index in [4.69, 9.17) is 16.6 Å². The summed E-state index contributed by atoms with van der Waals surface area (Å²) >= 11 is 6.73. The molecule has 0 saturated heterocycles. The molecule has 4 nitrogen and oxygen atoms in total. The van der Waals surface area contributed by atoms with Gasteiger partial charge in [0.05, 0.1) is 27.3 Å². The van der Waals surface area contributed by atoms with Gasteiger partial charge in [-0.1, -0.05) is 48.0 Å². The number of aromatic nitrogens is 3. The van der Waals surface area contributed by atoms with Gasteiger partial charge >= 0.3 is 0 Å². The number of aryl methyl sites for hydroxylation is 2. The van der Waals surface area contributed by atoms with Crippen LogP contribution in [-0.4, -0.2) is 14.1 Å². The standard InChI is InChI=1S/C45H37ClN4/c46-39-27-28-44(45-38(39)14-9-29-47-45)48(30-19-23-32(24-20-30)49-40-15-5-1-10-34(40)35-11-2-6-16-41(35)49)31-21-25-33(26-22-31)50-42-17-7-3-12-36(42)37-13-4-8-18-43(37)50/h1,3,5,7,9-10,12,14-15,17,19-29H,2,4,6,8,11,13,16,18H2. The van der Waals surface area contributed by atoms with E-state index in [1.165, 1.54) is 81.4 Å². The normalized spacial score (nSPS) is 14.3.